The summed E-state index contributed by atoms with van der Waals surface area (Å²) in [7, 11) is 0. The molecule has 3 aromatic rings. The van der Waals surface area contributed by atoms with Crippen LogP contribution in [-0.4, -0.2) is 51.0 Å². The first-order valence-corrected chi connectivity index (χ1v) is 15.8. The number of anilines is 1. The largest absolute Gasteiger partial charge is 0.484 e. The second-order valence-corrected chi connectivity index (χ2v) is 12.1. The molecule has 0 aliphatic heterocycles. The van der Waals surface area contributed by atoms with Crippen LogP contribution >= 0.6 is 23.1 Å². The normalized spacial score (nSPS) is 13.2. The number of para-hydroxylation sites is 1. The first-order valence-electron chi connectivity index (χ1n) is 14.1. The number of carbonyl (C=O) groups excluding carboxylic acids is 3. The zero-order chi connectivity index (χ0) is 29.2. The Morgan fingerprint density at radius 3 is 2.66 bits per heavy atom. The van der Waals surface area contributed by atoms with Crippen molar-refractivity contribution >= 4 is 45.9 Å². The highest BCUT2D eigenvalue weighted by molar-refractivity contribution is 8.00. The van der Waals surface area contributed by atoms with Crippen LogP contribution in [0.4, 0.5) is 5.00 Å². The molecule has 1 atom stereocenters. The fourth-order valence-electron chi connectivity index (χ4n) is 4.47. The molecule has 4 rings (SSSR count). The number of fused-ring (bicyclic) bond motifs is 1. The van der Waals surface area contributed by atoms with E-state index in [0.717, 1.165) is 49.0 Å². The molecule has 0 saturated carbocycles. The molecule has 0 saturated heterocycles. The second kappa shape index (κ2) is 15.0. The molecule has 2 heterocycles. The standard InChI is InChI=1S/C29H37N5O5S2/c1-4-6-16-34-23(17-30-24(35)18-39-20-12-8-7-9-13-20)32-33-29(34)40-19(3)26(36)31-27-25(28(37)38-5-2)21-14-10-11-15-22(21)41-27/h7-9,12-13,19H,4-6,10-11,14-18H2,1-3H3,(H,30,35)(H,31,36)/t19-/m1/s1. The van der Waals surface area contributed by atoms with E-state index in [1.807, 2.05) is 22.8 Å². The third-order valence-corrected chi connectivity index (χ3v) is 8.91. The third kappa shape index (κ3) is 8.10. The van der Waals surface area contributed by atoms with Gasteiger partial charge in [-0.1, -0.05) is 43.3 Å². The average Bonchev–Trinajstić information content (AvgIpc) is 3.54. The fourth-order valence-corrected chi connectivity index (χ4v) is 6.64. The topological polar surface area (TPSA) is 124 Å². The summed E-state index contributed by atoms with van der Waals surface area (Å²) < 4.78 is 12.8. The molecule has 0 bridgehead atoms. The van der Waals surface area contributed by atoms with Gasteiger partial charge in [-0.3, -0.25) is 9.59 Å². The van der Waals surface area contributed by atoms with E-state index in [9.17, 15) is 14.4 Å². The number of unbranched alkanes of at least 4 members (excludes halogenated alkanes) is 1. The minimum atomic E-state index is -0.504. The highest BCUT2D eigenvalue weighted by Crippen LogP contribution is 2.39. The number of esters is 1. The molecule has 1 aliphatic rings. The van der Waals surface area contributed by atoms with Gasteiger partial charge < -0.3 is 24.7 Å². The summed E-state index contributed by atoms with van der Waals surface area (Å²) in [4.78, 5) is 39.6. The Labute approximate surface area is 248 Å². The van der Waals surface area contributed by atoms with Crippen LogP contribution in [0, 0.1) is 0 Å². The van der Waals surface area contributed by atoms with E-state index < -0.39 is 5.25 Å². The predicted octanol–water partition coefficient (Wildman–Crippen LogP) is 5.01. The number of ether oxygens (including phenoxy) is 2. The Bertz CT molecular complexity index is 1340. The van der Waals surface area contributed by atoms with Gasteiger partial charge in [-0.15, -0.1) is 21.5 Å². The molecule has 0 spiro atoms. The molecule has 220 valence electrons. The van der Waals surface area contributed by atoms with Gasteiger partial charge >= 0.3 is 5.97 Å². The maximum Gasteiger partial charge on any atom is 0.341 e. The molecule has 2 aromatic heterocycles. The highest BCUT2D eigenvalue weighted by Gasteiger charge is 2.29. The second-order valence-electron chi connectivity index (χ2n) is 9.67. The van der Waals surface area contributed by atoms with Crippen molar-refractivity contribution in [1.29, 1.82) is 0 Å². The summed E-state index contributed by atoms with van der Waals surface area (Å²) in [6.07, 6.45) is 5.68. The van der Waals surface area contributed by atoms with Crippen molar-refractivity contribution in [2.45, 2.75) is 82.8 Å². The third-order valence-electron chi connectivity index (χ3n) is 6.62. The van der Waals surface area contributed by atoms with Crippen LogP contribution in [0.1, 0.15) is 73.1 Å². The van der Waals surface area contributed by atoms with Crippen LogP contribution in [-0.2, 0) is 40.3 Å². The number of benzene rings is 1. The fraction of sp³-hybridized carbons (Fsp3) is 0.483. The number of rotatable bonds is 14. The van der Waals surface area contributed by atoms with Crippen LogP contribution in [0.25, 0.3) is 0 Å². The van der Waals surface area contributed by atoms with Gasteiger partial charge in [0.1, 0.15) is 10.8 Å². The van der Waals surface area contributed by atoms with Gasteiger partial charge in [-0.25, -0.2) is 4.79 Å². The zero-order valence-electron chi connectivity index (χ0n) is 23.7. The van der Waals surface area contributed by atoms with Gasteiger partial charge in [-0.05, 0) is 63.6 Å². The van der Waals surface area contributed by atoms with Crippen LogP contribution in [0.2, 0.25) is 0 Å². The molecule has 0 unspecified atom stereocenters. The number of nitrogens with zero attached hydrogens (tertiary/aromatic N) is 3. The SMILES string of the molecule is CCCCn1c(CNC(=O)COc2ccccc2)nnc1S[C@H](C)C(=O)Nc1sc2c(c1C(=O)OCC)CCCC2. The van der Waals surface area contributed by atoms with Gasteiger partial charge in [0.15, 0.2) is 17.6 Å². The summed E-state index contributed by atoms with van der Waals surface area (Å²) in [5, 5.41) is 15.1. The molecule has 0 fully saturated rings. The number of nitrogens with one attached hydrogen (secondary N) is 2. The summed E-state index contributed by atoms with van der Waals surface area (Å²) in [5.74, 6) is 0.352. The molecule has 1 aromatic carbocycles. The van der Waals surface area contributed by atoms with Gasteiger partial charge in [-0.2, -0.15) is 0 Å². The van der Waals surface area contributed by atoms with E-state index in [1.54, 1.807) is 26.0 Å². The lowest BCUT2D eigenvalue weighted by atomic mass is 9.95. The number of aryl methyl sites for hydroxylation is 1. The maximum absolute atomic E-state index is 13.3. The number of hydrogen-bond acceptors (Lipinski definition) is 9. The Balaban J connectivity index is 1.40. The molecule has 10 nitrogen and oxygen atoms in total. The quantitative estimate of drug-likeness (QED) is 0.196. The van der Waals surface area contributed by atoms with Gasteiger partial charge in [0.25, 0.3) is 5.91 Å². The van der Waals surface area contributed by atoms with E-state index >= 15 is 0 Å². The number of thiophene rings is 1. The monoisotopic (exact) mass is 599 g/mol. The molecular weight excluding hydrogens is 562 g/mol. The minimum Gasteiger partial charge on any atom is -0.484 e. The average molecular weight is 600 g/mol. The Kier molecular flexibility index (Phi) is 11.2. The van der Waals surface area contributed by atoms with E-state index in [1.165, 1.54) is 23.1 Å². The first kappa shape index (κ1) is 30.6. The molecule has 2 amide bonds. The van der Waals surface area contributed by atoms with E-state index in [-0.39, 0.29) is 37.5 Å². The number of aromatic nitrogens is 3. The van der Waals surface area contributed by atoms with Crippen LogP contribution in [0.3, 0.4) is 0 Å². The van der Waals surface area contributed by atoms with Crippen molar-refractivity contribution in [3.8, 4) is 5.75 Å². The van der Waals surface area contributed by atoms with Gasteiger partial charge in [0.05, 0.1) is 24.0 Å². The summed E-state index contributed by atoms with van der Waals surface area (Å²) in [5.41, 5.74) is 1.51. The number of amides is 2. The number of carbonyl (C=O) groups is 3. The van der Waals surface area contributed by atoms with E-state index in [0.29, 0.717) is 33.8 Å². The molecule has 12 heteroatoms. The summed E-state index contributed by atoms with van der Waals surface area (Å²) in [6, 6.07) is 9.15. The summed E-state index contributed by atoms with van der Waals surface area (Å²) >= 11 is 2.77. The Hall–Kier alpha value is -3.38. The van der Waals surface area contributed by atoms with Gasteiger partial charge in [0.2, 0.25) is 5.91 Å². The lowest BCUT2D eigenvalue weighted by Crippen LogP contribution is -2.29. The van der Waals surface area contributed by atoms with Crippen LogP contribution in [0.5, 0.6) is 5.75 Å². The van der Waals surface area contributed by atoms with E-state index in [2.05, 4.69) is 27.8 Å². The molecule has 1 aliphatic carbocycles. The lowest BCUT2D eigenvalue weighted by Gasteiger charge is -2.14. The zero-order valence-corrected chi connectivity index (χ0v) is 25.4. The smallest absolute Gasteiger partial charge is 0.341 e. The van der Waals surface area contributed by atoms with E-state index in [4.69, 9.17) is 9.47 Å². The predicted molar refractivity (Wildman–Crippen MR) is 160 cm³/mol. The van der Waals surface area contributed by atoms with Crippen molar-refractivity contribution in [1.82, 2.24) is 20.1 Å². The lowest BCUT2D eigenvalue weighted by molar-refractivity contribution is -0.123. The number of hydrogen-bond donors (Lipinski definition) is 2. The van der Waals surface area contributed by atoms with Crippen molar-refractivity contribution < 1.29 is 23.9 Å². The van der Waals surface area contributed by atoms with Crippen molar-refractivity contribution in [3.05, 3.63) is 52.2 Å². The van der Waals surface area contributed by atoms with Gasteiger partial charge in [0, 0.05) is 11.4 Å². The Morgan fingerprint density at radius 1 is 1.12 bits per heavy atom. The highest BCUT2D eigenvalue weighted by atomic mass is 32.2. The Morgan fingerprint density at radius 2 is 1.90 bits per heavy atom. The van der Waals surface area contributed by atoms with Crippen molar-refractivity contribution in [2.24, 2.45) is 0 Å². The van der Waals surface area contributed by atoms with Crippen molar-refractivity contribution in [2.75, 3.05) is 18.5 Å². The van der Waals surface area contributed by atoms with Crippen LogP contribution in [0.15, 0.2) is 35.5 Å². The number of thioether (sulfide) groups is 1. The summed E-state index contributed by atoms with van der Waals surface area (Å²) in [6.45, 7) is 6.71. The molecule has 0 radical (unpaired) electrons. The maximum atomic E-state index is 13.3. The molecule has 41 heavy (non-hydrogen) atoms. The molecular formula is C29H37N5O5S2. The minimum absolute atomic E-state index is 0.105. The van der Waals surface area contributed by atoms with Crippen LogP contribution < -0.4 is 15.4 Å². The first-order chi connectivity index (χ1) is 19.9. The molecule has 2 N–H and O–H groups in total. The van der Waals surface area contributed by atoms with Crippen molar-refractivity contribution in [3.63, 3.8) is 0 Å².